The summed E-state index contributed by atoms with van der Waals surface area (Å²) >= 11 is 0. The number of carbonyl (C=O) groups is 2. The van der Waals surface area contributed by atoms with Gasteiger partial charge in [-0.05, 0) is 54.8 Å². The predicted molar refractivity (Wildman–Crippen MR) is 106 cm³/mol. The van der Waals surface area contributed by atoms with Crippen LogP contribution in [0.5, 0.6) is 0 Å². The van der Waals surface area contributed by atoms with Crippen molar-refractivity contribution < 1.29 is 14.3 Å². The van der Waals surface area contributed by atoms with Crippen LogP contribution in [0.2, 0.25) is 0 Å². The molecule has 0 fully saturated rings. The van der Waals surface area contributed by atoms with E-state index in [-0.39, 0.29) is 12.5 Å². The van der Waals surface area contributed by atoms with Gasteiger partial charge in [-0.15, -0.1) is 0 Å². The average molecular weight is 377 g/mol. The summed E-state index contributed by atoms with van der Waals surface area (Å²) in [4.78, 5) is 26.4. The topological polar surface area (TPSA) is 64.4 Å². The summed E-state index contributed by atoms with van der Waals surface area (Å²) in [5.41, 5.74) is 4.48. The lowest BCUT2D eigenvalue weighted by Crippen LogP contribution is -2.36. The Morgan fingerprint density at radius 1 is 1.07 bits per heavy atom. The van der Waals surface area contributed by atoms with Crippen LogP contribution in [0, 0.1) is 13.8 Å². The van der Waals surface area contributed by atoms with Crippen molar-refractivity contribution in [3.63, 3.8) is 0 Å². The van der Waals surface area contributed by atoms with E-state index >= 15 is 0 Å². The molecule has 0 unspecified atom stereocenters. The molecule has 0 N–H and O–H groups in total. The third-order valence-corrected chi connectivity index (χ3v) is 4.55. The number of ether oxygens (including phenoxy) is 1. The molecule has 1 heterocycles. The molecular weight excluding hydrogens is 354 g/mol. The molecule has 1 aromatic heterocycles. The minimum Gasteiger partial charge on any atom is -0.468 e. The van der Waals surface area contributed by atoms with Crippen LogP contribution in [0.25, 0.3) is 5.69 Å². The number of aryl methyl sites for hydroxylation is 2. The van der Waals surface area contributed by atoms with E-state index in [4.69, 9.17) is 4.74 Å². The first-order valence-electron chi connectivity index (χ1n) is 9.00. The van der Waals surface area contributed by atoms with Crippen LogP contribution in [-0.2, 0) is 16.1 Å². The molecule has 0 aliphatic carbocycles. The fraction of sp³-hybridized carbons (Fsp3) is 0.227. The van der Waals surface area contributed by atoms with E-state index < -0.39 is 5.97 Å². The Kier molecular flexibility index (Phi) is 5.89. The van der Waals surface area contributed by atoms with E-state index in [9.17, 15) is 9.59 Å². The van der Waals surface area contributed by atoms with Gasteiger partial charge < -0.3 is 9.64 Å². The summed E-state index contributed by atoms with van der Waals surface area (Å²) in [7, 11) is 1.32. The Morgan fingerprint density at radius 3 is 2.39 bits per heavy atom. The molecule has 144 valence electrons. The van der Waals surface area contributed by atoms with Crippen LogP contribution in [-0.4, -0.2) is 40.2 Å². The molecular formula is C22H23N3O3. The number of nitrogens with zero attached hydrogens (tertiary/aromatic N) is 3. The number of methoxy groups -OCH3 is 1. The van der Waals surface area contributed by atoms with Crippen molar-refractivity contribution in [3.05, 3.63) is 83.2 Å². The van der Waals surface area contributed by atoms with E-state index in [1.807, 2.05) is 56.4 Å². The highest BCUT2D eigenvalue weighted by Crippen LogP contribution is 2.16. The lowest BCUT2D eigenvalue weighted by molar-refractivity contribution is -0.141. The number of aromatic nitrogens is 2. The molecule has 0 radical (unpaired) electrons. The molecule has 1 amide bonds. The van der Waals surface area contributed by atoms with Crippen molar-refractivity contribution in [2.75, 3.05) is 13.7 Å². The van der Waals surface area contributed by atoms with Crippen molar-refractivity contribution in [2.24, 2.45) is 0 Å². The summed E-state index contributed by atoms with van der Waals surface area (Å²) in [5, 5.41) is 4.27. The van der Waals surface area contributed by atoms with Crippen LogP contribution in [0.3, 0.4) is 0 Å². The van der Waals surface area contributed by atoms with E-state index in [0.717, 1.165) is 22.4 Å². The van der Waals surface area contributed by atoms with E-state index in [1.54, 1.807) is 23.0 Å². The van der Waals surface area contributed by atoms with Crippen LogP contribution >= 0.6 is 0 Å². The minimum absolute atomic E-state index is 0.107. The molecule has 0 bridgehead atoms. The first-order chi connectivity index (χ1) is 13.5. The second-order valence-corrected chi connectivity index (χ2v) is 6.67. The van der Waals surface area contributed by atoms with Gasteiger partial charge in [0.2, 0.25) is 0 Å². The molecule has 6 nitrogen and oxygen atoms in total. The first kappa shape index (κ1) is 19.4. The van der Waals surface area contributed by atoms with Gasteiger partial charge in [-0.3, -0.25) is 9.59 Å². The highest BCUT2D eigenvalue weighted by atomic mass is 16.5. The lowest BCUT2D eigenvalue weighted by atomic mass is 10.1. The Morgan fingerprint density at radius 2 is 1.79 bits per heavy atom. The third-order valence-electron chi connectivity index (χ3n) is 4.55. The summed E-state index contributed by atoms with van der Waals surface area (Å²) in [6.07, 6.45) is 3.69. The monoisotopic (exact) mass is 377 g/mol. The molecule has 0 spiro atoms. The molecule has 2 aromatic carbocycles. The maximum Gasteiger partial charge on any atom is 0.325 e. The number of hydrogen-bond donors (Lipinski definition) is 0. The molecule has 0 aliphatic rings. The van der Waals surface area contributed by atoms with Crippen molar-refractivity contribution in [2.45, 2.75) is 20.4 Å². The zero-order chi connectivity index (χ0) is 20.1. The highest BCUT2D eigenvalue weighted by Gasteiger charge is 2.20. The average Bonchev–Trinajstić information content (AvgIpc) is 3.15. The molecule has 0 aliphatic heterocycles. The standard InChI is InChI=1S/C22H23N3O3/c1-16-12-23-25(13-16)20-10-8-18(9-11-20)22(27)24(15-21(26)28-3)14-19-7-5-4-6-17(19)2/h4-13H,14-15H2,1-3H3. The summed E-state index contributed by atoms with van der Waals surface area (Å²) in [6.45, 7) is 4.18. The Hall–Kier alpha value is -3.41. The first-order valence-corrected chi connectivity index (χ1v) is 9.00. The maximum absolute atomic E-state index is 13.1. The number of esters is 1. The van der Waals surface area contributed by atoms with Gasteiger partial charge in [0.05, 0.1) is 19.0 Å². The number of hydrogen-bond acceptors (Lipinski definition) is 4. The molecule has 0 saturated carbocycles. The third kappa shape index (κ3) is 4.46. The van der Waals surface area contributed by atoms with Crippen molar-refractivity contribution in [3.8, 4) is 5.69 Å². The summed E-state index contributed by atoms with van der Waals surface area (Å²) in [5.74, 6) is -0.678. The van der Waals surface area contributed by atoms with Gasteiger partial charge in [0.1, 0.15) is 6.54 Å². The molecule has 3 aromatic rings. The fourth-order valence-electron chi connectivity index (χ4n) is 2.91. The Bertz CT molecular complexity index is 977. The highest BCUT2D eigenvalue weighted by molar-refractivity contribution is 5.96. The quantitative estimate of drug-likeness (QED) is 0.618. The second kappa shape index (κ2) is 8.52. The van der Waals surface area contributed by atoms with Crippen molar-refractivity contribution in [1.82, 2.24) is 14.7 Å². The number of rotatable bonds is 6. The van der Waals surface area contributed by atoms with E-state index in [1.165, 1.54) is 12.0 Å². The zero-order valence-corrected chi connectivity index (χ0v) is 16.3. The SMILES string of the molecule is COC(=O)CN(Cc1ccccc1C)C(=O)c1ccc(-n2cc(C)cn2)cc1. The minimum atomic E-state index is -0.453. The van der Waals surface area contributed by atoms with E-state index in [0.29, 0.717) is 12.1 Å². The largest absolute Gasteiger partial charge is 0.468 e. The van der Waals surface area contributed by atoms with Gasteiger partial charge in [-0.1, -0.05) is 24.3 Å². The van der Waals surface area contributed by atoms with Gasteiger partial charge in [0.15, 0.2) is 0 Å². The van der Waals surface area contributed by atoms with Gasteiger partial charge in [0, 0.05) is 18.3 Å². The zero-order valence-electron chi connectivity index (χ0n) is 16.3. The predicted octanol–water partition coefficient (Wildman–Crippen LogP) is 3.30. The second-order valence-electron chi connectivity index (χ2n) is 6.67. The fourth-order valence-corrected chi connectivity index (χ4v) is 2.91. The molecule has 6 heteroatoms. The molecule has 3 rings (SSSR count). The van der Waals surface area contributed by atoms with Gasteiger partial charge >= 0.3 is 5.97 Å². The van der Waals surface area contributed by atoms with Crippen LogP contribution in [0.4, 0.5) is 0 Å². The summed E-state index contributed by atoms with van der Waals surface area (Å²) in [6, 6.07) is 15.0. The van der Waals surface area contributed by atoms with Gasteiger partial charge in [0.25, 0.3) is 5.91 Å². The smallest absolute Gasteiger partial charge is 0.325 e. The molecule has 0 saturated heterocycles. The lowest BCUT2D eigenvalue weighted by Gasteiger charge is -2.22. The van der Waals surface area contributed by atoms with Crippen LogP contribution in [0.15, 0.2) is 60.9 Å². The Labute approximate surface area is 164 Å². The van der Waals surface area contributed by atoms with Crippen molar-refractivity contribution >= 4 is 11.9 Å². The van der Waals surface area contributed by atoms with Crippen LogP contribution < -0.4 is 0 Å². The van der Waals surface area contributed by atoms with Crippen LogP contribution in [0.1, 0.15) is 27.0 Å². The van der Waals surface area contributed by atoms with Gasteiger partial charge in [-0.2, -0.15) is 5.10 Å². The molecule has 28 heavy (non-hydrogen) atoms. The number of amides is 1. The maximum atomic E-state index is 13.1. The normalized spacial score (nSPS) is 10.5. The summed E-state index contributed by atoms with van der Waals surface area (Å²) < 4.78 is 6.52. The number of carbonyl (C=O) groups excluding carboxylic acids is 2. The Balaban J connectivity index is 1.83. The number of benzene rings is 2. The molecule has 0 atom stereocenters. The van der Waals surface area contributed by atoms with Crippen molar-refractivity contribution in [1.29, 1.82) is 0 Å². The van der Waals surface area contributed by atoms with Gasteiger partial charge in [-0.25, -0.2) is 4.68 Å². The van der Waals surface area contributed by atoms with E-state index in [2.05, 4.69) is 5.10 Å².